The molecule has 78 valence electrons. The zero-order valence-electron chi connectivity index (χ0n) is 8.00. The van der Waals surface area contributed by atoms with Crippen LogP contribution in [-0.4, -0.2) is 34.1 Å². The number of nitrogens with zero attached hydrogens (tertiary/aromatic N) is 1. The molecule has 2 rings (SSSR count). The Morgan fingerprint density at radius 2 is 2.14 bits per heavy atom. The van der Waals surface area contributed by atoms with Crippen LogP contribution in [0, 0.1) is 0 Å². The van der Waals surface area contributed by atoms with E-state index in [1.54, 1.807) is 0 Å². The molecule has 14 heavy (non-hydrogen) atoms. The molecule has 2 bridgehead atoms. The van der Waals surface area contributed by atoms with Crippen molar-refractivity contribution < 1.29 is 14.3 Å². The number of amides is 1. The van der Waals surface area contributed by atoms with Crippen molar-refractivity contribution in [2.45, 2.75) is 37.3 Å². The first-order chi connectivity index (χ1) is 6.60. The van der Waals surface area contributed by atoms with Gasteiger partial charge in [-0.2, -0.15) is 0 Å². The van der Waals surface area contributed by atoms with E-state index in [1.165, 1.54) is 4.90 Å². The minimum Gasteiger partial charge on any atom is -0.394 e. The van der Waals surface area contributed by atoms with Gasteiger partial charge in [0.1, 0.15) is 0 Å². The average molecular weight is 199 g/mol. The van der Waals surface area contributed by atoms with Crippen LogP contribution in [0.1, 0.15) is 25.7 Å². The number of carbonyl (C=O) groups is 1. The second kappa shape index (κ2) is 3.05. The van der Waals surface area contributed by atoms with Crippen LogP contribution in [0.2, 0.25) is 0 Å². The van der Waals surface area contributed by atoms with Gasteiger partial charge in [-0.15, -0.1) is 0 Å². The van der Waals surface area contributed by atoms with E-state index in [9.17, 15) is 14.3 Å². The molecule has 0 atom stereocenters. The molecule has 0 aromatic heterocycles. The van der Waals surface area contributed by atoms with Crippen molar-refractivity contribution in [2.75, 3.05) is 6.61 Å². The van der Waals surface area contributed by atoms with Crippen molar-refractivity contribution in [3.8, 4) is 0 Å². The summed E-state index contributed by atoms with van der Waals surface area (Å²) in [5.41, 5.74) is -0.489. The summed E-state index contributed by atoms with van der Waals surface area (Å²) in [6.07, 6.45) is 3.32. The van der Waals surface area contributed by atoms with E-state index in [1.807, 2.05) is 0 Å². The highest BCUT2D eigenvalue weighted by molar-refractivity contribution is 5.92. The zero-order chi connectivity index (χ0) is 10.3. The molecule has 0 aliphatic carbocycles. The lowest BCUT2D eigenvalue weighted by Gasteiger charge is -2.32. The van der Waals surface area contributed by atoms with Gasteiger partial charge in [0.05, 0.1) is 12.1 Å². The van der Waals surface area contributed by atoms with Crippen molar-refractivity contribution in [1.29, 1.82) is 0 Å². The van der Waals surface area contributed by atoms with E-state index in [2.05, 4.69) is 6.58 Å². The number of hydrogen-bond acceptors (Lipinski definition) is 2. The minimum absolute atomic E-state index is 0.0669. The maximum atomic E-state index is 12.8. The first-order valence-corrected chi connectivity index (χ1v) is 4.90. The van der Waals surface area contributed by atoms with Crippen molar-refractivity contribution in [3.63, 3.8) is 0 Å². The summed E-state index contributed by atoms with van der Waals surface area (Å²) in [6, 6.07) is 0.113. The first-order valence-electron chi connectivity index (χ1n) is 4.90. The molecule has 0 saturated carbocycles. The monoisotopic (exact) mass is 199 g/mol. The third-order valence-corrected chi connectivity index (χ3v) is 3.51. The normalized spacial score (nSPS) is 35.0. The number of carbonyl (C=O) groups excluding carboxylic acids is 1. The van der Waals surface area contributed by atoms with Gasteiger partial charge in [0.2, 0.25) is 0 Å². The second-order valence-electron chi connectivity index (χ2n) is 4.19. The molecule has 0 spiro atoms. The van der Waals surface area contributed by atoms with Gasteiger partial charge in [0, 0.05) is 6.04 Å². The van der Waals surface area contributed by atoms with E-state index < -0.39 is 17.3 Å². The number of halogens is 1. The Morgan fingerprint density at radius 3 is 2.57 bits per heavy atom. The van der Waals surface area contributed by atoms with Crippen LogP contribution in [0.3, 0.4) is 0 Å². The molecule has 4 heteroatoms. The van der Waals surface area contributed by atoms with Gasteiger partial charge < -0.3 is 10.0 Å². The lowest BCUT2D eigenvalue weighted by molar-refractivity contribution is -0.133. The lowest BCUT2D eigenvalue weighted by Crippen LogP contribution is -2.47. The fraction of sp³-hybridized carbons (Fsp3) is 0.700. The van der Waals surface area contributed by atoms with Gasteiger partial charge in [-0.3, -0.25) is 4.79 Å². The van der Waals surface area contributed by atoms with Gasteiger partial charge >= 0.3 is 0 Å². The molecule has 0 aromatic rings. The van der Waals surface area contributed by atoms with Crippen LogP contribution in [0.4, 0.5) is 4.39 Å². The van der Waals surface area contributed by atoms with Crippen LogP contribution in [-0.2, 0) is 4.79 Å². The lowest BCUT2D eigenvalue weighted by atomic mass is 9.88. The molecule has 2 aliphatic rings. The molecule has 2 aliphatic heterocycles. The standard InChI is InChI=1S/C10H14FNO2/c1-7(11)9(14)12-8-2-4-10(12,6-13)5-3-8/h8,13H,1-6H2. The number of hydrogen-bond donors (Lipinski definition) is 1. The number of aliphatic hydroxyl groups is 1. The van der Waals surface area contributed by atoms with E-state index >= 15 is 0 Å². The van der Waals surface area contributed by atoms with Gasteiger partial charge in [0.25, 0.3) is 5.91 Å². The summed E-state index contributed by atoms with van der Waals surface area (Å²) in [5.74, 6) is -1.56. The third-order valence-electron chi connectivity index (χ3n) is 3.51. The molecule has 2 saturated heterocycles. The highest BCUT2D eigenvalue weighted by atomic mass is 19.1. The largest absolute Gasteiger partial charge is 0.394 e. The Morgan fingerprint density at radius 1 is 1.57 bits per heavy atom. The van der Waals surface area contributed by atoms with E-state index in [0.717, 1.165) is 25.7 Å². The zero-order valence-corrected chi connectivity index (χ0v) is 8.00. The van der Waals surface area contributed by atoms with Crippen LogP contribution < -0.4 is 0 Å². The van der Waals surface area contributed by atoms with Gasteiger partial charge in [-0.25, -0.2) is 4.39 Å². The van der Waals surface area contributed by atoms with Crippen molar-refractivity contribution >= 4 is 5.91 Å². The fourth-order valence-electron chi connectivity index (χ4n) is 2.77. The Kier molecular flexibility index (Phi) is 2.10. The summed E-state index contributed by atoms with van der Waals surface area (Å²) in [7, 11) is 0. The molecular formula is C10H14FNO2. The Labute approximate surface area is 82.2 Å². The molecule has 1 N–H and O–H groups in total. The molecule has 0 radical (unpaired) electrons. The molecule has 2 heterocycles. The highest BCUT2D eigenvalue weighted by Crippen LogP contribution is 2.46. The molecular weight excluding hydrogens is 185 g/mol. The first kappa shape index (κ1) is 9.65. The summed E-state index contributed by atoms with van der Waals surface area (Å²) in [4.78, 5) is 13.0. The molecule has 3 nitrogen and oxygen atoms in total. The highest BCUT2D eigenvalue weighted by Gasteiger charge is 2.53. The molecule has 1 amide bonds. The minimum atomic E-state index is -0.920. The molecule has 2 fully saturated rings. The van der Waals surface area contributed by atoms with E-state index in [-0.39, 0.29) is 12.6 Å². The smallest absolute Gasteiger partial charge is 0.282 e. The Bertz CT molecular complexity index is 282. The predicted octanol–water partition coefficient (Wildman–Crippen LogP) is 0.986. The number of rotatable bonds is 2. The molecule has 0 aromatic carbocycles. The Balaban J connectivity index is 2.27. The molecule has 0 unspecified atom stereocenters. The summed E-state index contributed by atoms with van der Waals surface area (Å²) < 4.78 is 12.8. The topological polar surface area (TPSA) is 40.5 Å². The Hall–Kier alpha value is -0.900. The maximum Gasteiger partial charge on any atom is 0.282 e. The van der Waals surface area contributed by atoms with E-state index in [0.29, 0.717) is 0 Å². The third kappa shape index (κ3) is 1.10. The van der Waals surface area contributed by atoms with Crippen LogP contribution in [0.25, 0.3) is 0 Å². The summed E-state index contributed by atoms with van der Waals surface area (Å²) >= 11 is 0. The van der Waals surface area contributed by atoms with Gasteiger partial charge in [0.15, 0.2) is 5.83 Å². The van der Waals surface area contributed by atoms with Gasteiger partial charge in [-0.1, -0.05) is 6.58 Å². The number of aliphatic hydroxyl groups excluding tert-OH is 1. The SMILES string of the molecule is C=C(F)C(=O)N1C2CCC1(CO)CC2. The van der Waals surface area contributed by atoms with Crippen LogP contribution in [0.15, 0.2) is 12.4 Å². The average Bonchev–Trinajstić information content (AvgIpc) is 2.71. The van der Waals surface area contributed by atoms with Crippen molar-refractivity contribution in [3.05, 3.63) is 12.4 Å². The predicted molar refractivity (Wildman–Crippen MR) is 49.2 cm³/mol. The van der Waals surface area contributed by atoms with Crippen molar-refractivity contribution in [1.82, 2.24) is 4.90 Å². The fourth-order valence-corrected chi connectivity index (χ4v) is 2.77. The summed E-state index contributed by atoms with van der Waals surface area (Å²) in [6.45, 7) is 2.96. The second-order valence-corrected chi connectivity index (χ2v) is 4.19. The maximum absolute atomic E-state index is 12.8. The van der Waals surface area contributed by atoms with Crippen LogP contribution >= 0.6 is 0 Å². The van der Waals surface area contributed by atoms with Crippen LogP contribution in [0.5, 0.6) is 0 Å². The number of fused-ring (bicyclic) bond motifs is 2. The quantitative estimate of drug-likeness (QED) is 0.673. The van der Waals surface area contributed by atoms with Gasteiger partial charge in [-0.05, 0) is 25.7 Å². The van der Waals surface area contributed by atoms with E-state index in [4.69, 9.17) is 0 Å². The summed E-state index contributed by atoms with van der Waals surface area (Å²) in [5, 5.41) is 9.30. The van der Waals surface area contributed by atoms with Crippen molar-refractivity contribution in [2.24, 2.45) is 0 Å².